The molecule has 0 bridgehead atoms. The quantitative estimate of drug-likeness (QED) is 0.263. The summed E-state index contributed by atoms with van der Waals surface area (Å²) in [5, 5.41) is 7.38. The second-order valence-electron chi connectivity index (χ2n) is 11.2. The van der Waals surface area contributed by atoms with Gasteiger partial charge in [0.2, 0.25) is 0 Å². The van der Waals surface area contributed by atoms with Crippen molar-refractivity contribution in [1.82, 2.24) is 0 Å². The van der Waals surface area contributed by atoms with Gasteiger partial charge in [-0.15, -0.1) is 0 Å². The minimum atomic E-state index is 0.232. The molecule has 3 rings (SSSR count). The van der Waals surface area contributed by atoms with Crippen molar-refractivity contribution >= 4 is 22.8 Å². The van der Waals surface area contributed by atoms with Crippen molar-refractivity contribution in [2.75, 3.05) is 10.6 Å². The second-order valence-corrected chi connectivity index (χ2v) is 11.2. The molecule has 2 aromatic rings. The molecule has 1 saturated carbocycles. The van der Waals surface area contributed by atoms with E-state index in [1.54, 1.807) is 0 Å². The summed E-state index contributed by atoms with van der Waals surface area (Å²) >= 11 is 0. The summed E-state index contributed by atoms with van der Waals surface area (Å²) in [5.41, 5.74) is 12.4. The number of allylic oxidation sites excluding steroid dienone is 4. The zero-order valence-electron chi connectivity index (χ0n) is 26.3. The fourth-order valence-corrected chi connectivity index (χ4v) is 5.89. The fourth-order valence-electron chi connectivity index (χ4n) is 5.89. The molecule has 2 N–H and O–H groups in total. The maximum Gasteiger partial charge on any atom is 0.0726 e. The standard InChI is InChI=1S/C36H52N4/c1-9-29-17-15-18-30(10-2)35(29)39-27(7)23-25(5)37-33-21-13-14-22-34(33)38-26(6)24-28(8)40-36-31(11-3)19-16-20-32(36)12-4/h15-20,23-24,33-34,39-40H,9-14,21-22H2,1-8H3/t33-,34-/m1/s1. The maximum atomic E-state index is 5.19. The van der Waals surface area contributed by atoms with Crippen LogP contribution in [0.25, 0.3) is 0 Å². The third-order valence-electron chi connectivity index (χ3n) is 7.93. The van der Waals surface area contributed by atoms with E-state index in [2.05, 4.69) is 115 Å². The van der Waals surface area contributed by atoms with Crippen LogP contribution < -0.4 is 10.6 Å². The van der Waals surface area contributed by atoms with Gasteiger partial charge in [-0.05, 0) is 101 Å². The first-order valence-corrected chi connectivity index (χ1v) is 15.5. The number of nitrogens with zero attached hydrogens (tertiary/aromatic N) is 2. The SMILES string of the molecule is CCc1cccc(CC)c1NC(C)=CC(C)=N[C@@H]1CCCC[C@H]1N=C(C)C=C(C)Nc1c(CC)cccc1CC. The smallest absolute Gasteiger partial charge is 0.0726 e. The zero-order chi connectivity index (χ0) is 29.1. The number of aryl methyl sites for hydroxylation is 4. The van der Waals surface area contributed by atoms with Crippen molar-refractivity contribution in [2.24, 2.45) is 9.98 Å². The number of hydrogen-bond donors (Lipinski definition) is 2. The summed E-state index contributed by atoms with van der Waals surface area (Å²) in [6.07, 6.45) is 13.1. The third-order valence-corrected chi connectivity index (χ3v) is 7.93. The molecule has 0 saturated heterocycles. The lowest BCUT2D eigenvalue weighted by atomic mass is 9.91. The van der Waals surface area contributed by atoms with Gasteiger partial charge < -0.3 is 10.6 Å². The predicted molar refractivity (Wildman–Crippen MR) is 177 cm³/mol. The molecule has 4 nitrogen and oxygen atoms in total. The van der Waals surface area contributed by atoms with Crippen LogP contribution in [0, 0.1) is 0 Å². The number of rotatable bonds is 12. The van der Waals surface area contributed by atoms with E-state index >= 15 is 0 Å². The van der Waals surface area contributed by atoms with Gasteiger partial charge in [-0.25, -0.2) is 0 Å². The Morgan fingerprint density at radius 3 is 1.25 bits per heavy atom. The summed E-state index contributed by atoms with van der Waals surface area (Å²) in [7, 11) is 0. The lowest BCUT2D eigenvalue weighted by Crippen LogP contribution is -2.28. The number of hydrogen-bond acceptors (Lipinski definition) is 4. The first kappa shape index (κ1) is 31.4. The van der Waals surface area contributed by atoms with Gasteiger partial charge in [-0.3, -0.25) is 9.98 Å². The van der Waals surface area contributed by atoms with Gasteiger partial charge in [0, 0.05) is 34.2 Å². The van der Waals surface area contributed by atoms with Gasteiger partial charge >= 0.3 is 0 Å². The predicted octanol–water partition coefficient (Wildman–Crippen LogP) is 9.50. The van der Waals surface area contributed by atoms with Gasteiger partial charge in [0.1, 0.15) is 0 Å². The average molecular weight is 541 g/mol. The molecular formula is C36H52N4. The number of benzene rings is 2. The Labute approximate surface area is 244 Å². The third kappa shape index (κ3) is 8.68. The van der Waals surface area contributed by atoms with E-state index in [1.165, 1.54) is 46.5 Å². The fraction of sp³-hybridized carbons (Fsp3) is 0.500. The van der Waals surface area contributed by atoms with Crippen LogP contribution in [0.3, 0.4) is 0 Å². The Kier molecular flexibility index (Phi) is 12.2. The molecule has 2 atom stereocenters. The van der Waals surface area contributed by atoms with E-state index in [0.29, 0.717) is 0 Å². The highest BCUT2D eigenvalue weighted by molar-refractivity contribution is 5.95. The van der Waals surface area contributed by atoms with E-state index < -0.39 is 0 Å². The molecule has 0 aromatic heterocycles. The summed E-state index contributed by atoms with van der Waals surface area (Å²) in [4.78, 5) is 10.4. The Bertz CT molecular complexity index is 1110. The monoisotopic (exact) mass is 540 g/mol. The van der Waals surface area contributed by atoms with Crippen molar-refractivity contribution in [3.63, 3.8) is 0 Å². The average Bonchev–Trinajstić information content (AvgIpc) is 2.94. The molecule has 1 aliphatic carbocycles. The lowest BCUT2D eigenvalue weighted by Gasteiger charge is -2.26. The zero-order valence-corrected chi connectivity index (χ0v) is 26.3. The Morgan fingerprint density at radius 2 is 0.950 bits per heavy atom. The van der Waals surface area contributed by atoms with Crippen LogP contribution in [-0.4, -0.2) is 23.5 Å². The van der Waals surface area contributed by atoms with Crippen LogP contribution in [0.15, 0.2) is 69.9 Å². The maximum absolute atomic E-state index is 5.19. The second kappa shape index (κ2) is 15.6. The van der Waals surface area contributed by atoms with Gasteiger partial charge in [0.15, 0.2) is 0 Å². The van der Waals surface area contributed by atoms with E-state index in [-0.39, 0.29) is 12.1 Å². The summed E-state index contributed by atoms with van der Waals surface area (Å²) in [5.74, 6) is 0. The summed E-state index contributed by atoms with van der Waals surface area (Å²) in [6, 6.07) is 13.7. The molecule has 216 valence electrons. The van der Waals surface area contributed by atoms with Crippen LogP contribution in [0.1, 0.15) is 103 Å². The van der Waals surface area contributed by atoms with Crippen molar-refractivity contribution in [3.05, 3.63) is 82.2 Å². The molecule has 4 heteroatoms. The van der Waals surface area contributed by atoms with Crippen LogP contribution >= 0.6 is 0 Å². The van der Waals surface area contributed by atoms with Crippen LogP contribution in [0.5, 0.6) is 0 Å². The highest BCUT2D eigenvalue weighted by Crippen LogP contribution is 2.27. The minimum absolute atomic E-state index is 0.232. The lowest BCUT2D eigenvalue weighted by molar-refractivity contribution is 0.388. The molecule has 0 aliphatic heterocycles. The van der Waals surface area contributed by atoms with Gasteiger partial charge in [0.05, 0.1) is 12.1 Å². The highest BCUT2D eigenvalue weighted by Gasteiger charge is 2.24. The van der Waals surface area contributed by atoms with Crippen molar-refractivity contribution in [2.45, 2.75) is 119 Å². The first-order chi connectivity index (χ1) is 19.3. The molecule has 2 aromatic carbocycles. The van der Waals surface area contributed by atoms with Crippen molar-refractivity contribution in [1.29, 1.82) is 0 Å². The van der Waals surface area contributed by atoms with Crippen molar-refractivity contribution in [3.8, 4) is 0 Å². The molecule has 0 radical (unpaired) electrons. The number of anilines is 2. The number of para-hydroxylation sites is 2. The van der Waals surface area contributed by atoms with Crippen molar-refractivity contribution < 1.29 is 0 Å². The Hall–Kier alpha value is -3.14. The summed E-state index contributed by atoms with van der Waals surface area (Å²) in [6.45, 7) is 17.4. The molecular weight excluding hydrogens is 488 g/mol. The highest BCUT2D eigenvalue weighted by atomic mass is 14.9. The van der Waals surface area contributed by atoms with Gasteiger partial charge in [-0.1, -0.05) is 76.9 Å². The first-order valence-electron chi connectivity index (χ1n) is 15.5. The Morgan fingerprint density at radius 1 is 0.625 bits per heavy atom. The van der Waals surface area contributed by atoms with Crippen LogP contribution in [0.4, 0.5) is 11.4 Å². The molecule has 0 amide bonds. The molecule has 0 heterocycles. The minimum Gasteiger partial charge on any atom is -0.359 e. The van der Waals surface area contributed by atoms with Crippen LogP contribution in [0.2, 0.25) is 0 Å². The van der Waals surface area contributed by atoms with Gasteiger partial charge in [0.25, 0.3) is 0 Å². The largest absolute Gasteiger partial charge is 0.359 e. The van der Waals surface area contributed by atoms with E-state index in [9.17, 15) is 0 Å². The van der Waals surface area contributed by atoms with Gasteiger partial charge in [-0.2, -0.15) is 0 Å². The molecule has 1 aliphatic rings. The Balaban J connectivity index is 1.75. The molecule has 0 spiro atoms. The van der Waals surface area contributed by atoms with Crippen LogP contribution in [-0.2, 0) is 25.7 Å². The van der Waals surface area contributed by atoms with E-state index in [0.717, 1.165) is 61.3 Å². The normalized spacial score (nSPS) is 19.1. The number of nitrogens with one attached hydrogen (secondary N) is 2. The number of aliphatic imine (C=N–C) groups is 2. The molecule has 0 unspecified atom stereocenters. The summed E-state index contributed by atoms with van der Waals surface area (Å²) < 4.78 is 0. The van der Waals surface area contributed by atoms with E-state index in [4.69, 9.17) is 9.98 Å². The molecule has 1 fully saturated rings. The topological polar surface area (TPSA) is 48.8 Å². The van der Waals surface area contributed by atoms with E-state index in [1.807, 2.05) is 0 Å². The molecule has 40 heavy (non-hydrogen) atoms.